The molecule has 0 unspecified atom stereocenters. The summed E-state index contributed by atoms with van der Waals surface area (Å²) in [5.41, 5.74) is 3.93. The van der Waals surface area contributed by atoms with E-state index in [1.54, 1.807) is 18.2 Å². The summed E-state index contributed by atoms with van der Waals surface area (Å²) in [5, 5.41) is 12.5. The lowest BCUT2D eigenvalue weighted by molar-refractivity contribution is -0.128. The van der Waals surface area contributed by atoms with Crippen molar-refractivity contribution in [1.82, 2.24) is 4.90 Å². The van der Waals surface area contributed by atoms with E-state index in [2.05, 4.69) is 11.4 Å². The average molecular weight is 347 g/mol. The number of rotatable bonds is 6. The molecule has 1 N–H and O–H groups in total. The van der Waals surface area contributed by atoms with Gasteiger partial charge in [-0.15, -0.1) is 0 Å². The average Bonchev–Trinajstić information content (AvgIpc) is 3.05. The number of carbonyl (C=O) groups is 2. The highest BCUT2D eigenvalue weighted by molar-refractivity contribution is 5.95. The summed E-state index contributed by atoms with van der Waals surface area (Å²) in [6.07, 6.45) is 1.60. The zero-order valence-electron chi connectivity index (χ0n) is 14.8. The van der Waals surface area contributed by atoms with Crippen LogP contribution in [0.2, 0.25) is 0 Å². The van der Waals surface area contributed by atoms with E-state index in [1.807, 2.05) is 29.2 Å². The van der Waals surface area contributed by atoms with Crippen molar-refractivity contribution in [2.75, 3.05) is 11.9 Å². The van der Waals surface area contributed by atoms with E-state index in [0.717, 1.165) is 24.1 Å². The molecule has 1 heterocycles. The monoisotopic (exact) mass is 347 g/mol. The van der Waals surface area contributed by atoms with E-state index in [0.29, 0.717) is 36.3 Å². The Bertz CT molecular complexity index is 866. The van der Waals surface area contributed by atoms with Crippen LogP contribution in [0.5, 0.6) is 0 Å². The molecule has 0 spiro atoms. The molecule has 26 heavy (non-hydrogen) atoms. The molecule has 2 aromatic carbocycles. The molecule has 5 nitrogen and oxygen atoms in total. The van der Waals surface area contributed by atoms with Crippen LogP contribution in [0.4, 0.5) is 5.69 Å². The van der Waals surface area contributed by atoms with Gasteiger partial charge >= 0.3 is 0 Å². The van der Waals surface area contributed by atoms with Crippen LogP contribution in [0.3, 0.4) is 0 Å². The van der Waals surface area contributed by atoms with Crippen LogP contribution in [-0.4, -0.2) is 23.1 Å². The fraction of sp³-hybridized carbons (Fsp3) is 0.286. The summed E-state index contributed by atoms with van der Waals surface area (Å²) >= 11 is 0. The Kier molecular flexibility index (Phi) is 5.33. The van der Waals surface area contributed by atoms with E-state index in [1.165, 1.54) is 6.92 Å². The molecule has 2 aromatic rings. The number of anilines is 1. The number of nitriles is 1. The van der Waals surface area contributed by atoms with Crippen molar-refractivity contribution in [1.29, 1.82) is 5.26 Å². The fourth-order valence-corrected chi connectivity index (χ4v) is 3.06. The van der Waals surface area contributed by atoms with E-state index in [-0.39, 0.29) is 11.7 Å². The summed E-state index contributed by atoms with van der Waals surface area (Å²) in [5.74, 6) is 0.198. The SMILES string of the molecule is CC(=O)c1ccc(C#N)c(NCc2ccc(CN3CCCC3=O)cc2)c1. The molecule has 0 bridgehead atoms. The van der Waals surface area contributed by atoms with Gasteiger partial charge in [0.2, 0.25) is 5.91 Å². The second-order valence-corrected chi connectivity index (χ2v) is 6.52. The van der Waals surface area contributed by atoms with E-state index in [9.17, 15) is 14.9 Å². The predicted molar refractivity (Wildman–Crippen MR) is 99.6 cm³/mol. The van der Waals surface area contributed by atoms with Gasteiger partial charge in [-0.2, -0.15) is 5.26 Å². The molecule has 1 aliphatic rings. The van der Waals surface area contributed by atoms with Crippen LogP contribution in [0, 0.1) is 11.3 Å². The number of Topliss-reactive ketones (excluding diaryl/α,β-unsaturated/α-hetero) is 1. The van der Waals surface area contributed by atoms with Crippen molar-refractivity contribution in [2.45, 2.75) is 32.9 Å². The lowest BCUT2D eigenvalue weighted by Crippen LogP contribution is -2.23. The predicted octanol–water partition coefficient (Wildman–Crippen LogP) is 3.50. The number of nitrogens with one attached hydrogen (secondary N) is 1. The first-order valence-electron chi connectivity index (χ1n) is 8.71. The van der Waals surface area contributed by atoms with Crippen LogP contribution in [-0.2, 0) is 17.9 Å². The first-order valence-corrected chi connectivity index (χ1v) is 8.71. The minimum atomic E-state index is -0.0293. The number of hydrogen-bond acceptors (Lipinski definition) is 4. The van der Waals surface area contributed by atoms with Gasteiger partial charge in [-0.05, 0) is 42.7 Å². The highest BCUT2D eigenvalue weighted by atomic mass is 16.2. The normalized spacial score (nSPS) is 13.5. The summed E-state index contributed by atoms with van der Waals surface area (Å²) in [6, 6.07) is 15.3. The molecule has 0 atom stereocenters. The minimum Gasteiger partial charge on any atom is -0.380 e. The third-order valence-electron chi connectivity index (χ3n) is 4.60. The number of hydrogen-bond donors (Lipinski definition) is 1. The molecule has 1 saturated heterocycles. The first kappa shape index (κ1) is 17.7. The van der Waals surface area contributed by atoms with Crippen molar-refractivity contribution >= 4 is 17.4 Å². The Morgan fingerprint density at radius 3 is 2.54 bits per heavy atom. The van der Waals surface area contributed by atoms with Crippen molar-refractivity contribution in [2.24, 2.45) is 0 Å². The number of benzene rings is 2. The fourth-order valence-electron chi connectivity index (χ4n) is 3.06. The Balaban J connectivity index is 1.65. The molecule has 1 amide bonds. The summed E-state index contributed by atoms with van der Waals surface area (Å²) in [7, 11) is 0. The quantitative estimate of drug-likeness (QED) is 0.812. The van der Waals surface area contributed by atoms with Gasteiger partial charge in [-0.25, -0.2) is 0 Å². The smallest absolute Gasteiger partial charge is 0.222 e. The Morgan fingerprint density at radius 1 is 1.19 bits per heavy atom. The second-order valence-electron chi connectivity index (χ2n) is 6.52. The van der Waals surface area contributed by atoms with Gasteiger partial charge in [-0.3, -0.25) is 9.59 Å². The van der Waals surface area contributed by atoms with Crippen LogP contribution < -0.4 is 5.32 Å². The van der Waals surface area contributed by atoms with Crippen molar-refractivity contribution in [3.63, 3.8) is 0 Å². The zero-order chi connectivity index (χ0) is 18.5. The largest absolute Gasteiger partial charge is 0.380 e. The number of carbonyl (C=O) groups excluding carboxylic acids is 2. The lowest BCUT2D eigenvalue weighted by atomic mass is 10.1. The van der Waals surface area contributed by atoms with E-state index in [4.69, 9.17) is 0 Å². The van der Waals surface area contributed by atoms with Gasteiger partial charge in [0, 0.05) is 31.6 Å². The van der Waals surface area contributed by atoms with Gasteiger partial charge in [0.05, 0.1) is 11.3 Å². The summed E-state index contributed by atoms with van der Waals surface area (Å²) in [6.45, 7) is 3.56. The van der Waals surface area contributed by atoms with Crippen LogP contribution in [0.25, 0.3) is 0 Å². The van der Waals surface area contributed by atoms with E-state index < -0.39 is 0 Å². The van der Waals surface area contributed by atoms with Gasteiger partial charge in [-0.1, -0.05) is 24.3 Å². The Morgan fingerprint density at radius 2 is 1.92 bits per heavy atom. The lowest BCUT2D eigenvalue weighted by Gasteiger charge is -2.16. The molecule has 0 saturated carbocycles. The van der Waals surface area contributed by atoms with Crippen LogP contribution >= 0.6 is 0 Å². The standard InChI is InChI=1S/C21H21N3O2/c1-15(25)18-8-9-19(12-22)20(11-18)23-13-16-4-6-17(7-5-16)14-24-10-2-3-21(24)26/h4-9,11,23H,2-3,10,13-14H2,1H3. The van der Waals surface area contributed by atoms with Crippen molar-refractivity contribution < 1.29 is 9.59 Å². The Hall–Kier alpha value is -3.13. The van der Waals surface area contributed by atoms with Crippen molar-refractivity contribution in [3.8, 4) is 6.07 Å². The Labute approximate surface area is 153 Å². The molecular weight excluding hydrogens is 326 g/mol. The molecule has 132 valence electrons. The molecule has 3 rings (SSSR count). The molecule has 5 heteroatoms. The van der Waals surface area contributed by atoms with Gasteiger partial charge in [0.1, 0.15) is 6.07 Å². The zero-order valence-corrected chi connectivity index (χ0v) is 14.8. The summed E-state index contributed by atoms with van der Waals surface area (Å²) < 4.78 is 0. The van der Waals surface area contributed by atoms with Crippen LogP contribution in [0.15, 0.2) is 42.5 Å². The third kappa shape index (κ3) is 4.09. The molecule has 0 radical (unpaired) electrons. The first-order chi connectivity index (χ1) is 12.6. The molecule has 1 fully saturated rings. The maximum atomic E-state index is 11.7. The number of amides is 1. The molecular formula is C21H21N3O2. The highest BCUT2D eigenvalue weighted by Crippen LogP contribution is 2.19. The van der Waals surface area contributed by atoms with Gasteiger partial charge in [0.15, 0.2) is 5.78 Å². The number of nitrogens with zero attached hydrogens (tertiary/aromatic N) is 2. The maximum Gasteiger partial charge on any atom is 0.222 e. The van der Waals surface area contributed by atoms with E-state index >= 15 is 0 Å². The van der Waals surface area contributed by atoms with Gasteiger partial charge in [0.25, 0.3) is 0 Å². The van der Waals surface area contributed by atoms with Crippen molar-refractivity contribution in [3.05, 3.63) is 64.7 Å². The molecule has 1 aliphatic heterocycles. The van der Waals surface area contributed by atoms with Crippen LogP contribution in [0.1, 0.15) is 46.8 Å². The topological polar surface area (TPSA) is 73.2 Å². The molecule has 0 aliphatic carbocycles. The number of ketones is 1. The highest BCUT2D eigenvalue weighted by Gasteiger charge is 2.19. The summed E-state index contributed by atoms with van der Waals surface area (Å²) in [4.78, 5) is 25.1. The molecule has 0 aromatic heterocycles. The maximum absolute atomic E-state index is 11.7. The third-order valence-corrected chi connectivity index (χ3v) is 4.60. The number of likely N-dealkylation sites (tertiary alicyclic amines) is 1. The second kappa shape index (κ2) is 7.83. The van der Waals surface area contributed by atoms with Gasteiger partial charge < -0.3 is 10.2 Å². The minimum absolute atomic E-state index is 0.0293.